The number of nitrogens with two attached hydrogens (primary N) is 1. The summed E-state index contributed by atoms with van der Waals surface area (Å²) in [5.74, 6) is -1.27. The van der Waals surface area contributed by atoms with Crippen molar-refractivity contribution in [1.29, 1.82) is 0 Å². The van der Waals surface area contributed by atoms with Crippen LogP contribution in [-0.4, -0.2) is 35.1 Å². The summed E-state index contributed by atoms with van der Waals surface area (Å²) in [5, 5.41) is 9.37. The van der Waals surface area contributed by atoms with E-state index in [1.165, 1.54) is 0 Å². The summed E-state index contributed by atoms with van der Waals surface area (Å²) in [6, 6.07) is 3.47. The summed E-state index contributed by atoms with van der Waals surface area (Å²) in [7, 11) is 0. The molecule has 1 aromatic rings. The number of aromatic nitrogens is 1. The maximum absolute atomic E-state index is 11.4. The summed E-state index contributed by atoms with van der Waals surface area (Å²) < 4.78 is 0. The lowest BCUT2D eigenvalue weighted by Crippen LogP contribution is -2.44. The predicted octanol–water partition coefficient (Wildman–Crippen LogP) is 1.26. The number of hydrogen-bond donors (Lipinski definition) is 2. The second-order valence-electron chi connectivity index (χ2n) is 5.19. The highest BCUT2D eigenvalue weighted by atomic mass is 16.4. The third kappa shape index (κ3) is 2.59. The number of carboxylic acid groups (broad SMARTS) is 1. The number of hydrogen-bond acceptors (Lipinski definition) is 4. The fourth-order valence-corrected chi connectivity index (χ4v) is 2.66. The molecule has 20 heavy (non-hydrogen) atoms. The molecule has 1 aromatic heterocycles. The van der Waals surface area contributed by atoms with E-state index >= 15 is 0 Å². The zero-order chi connectivity index (χ0) is 14.8. The third-order valence-electron chi connectivity index (χ3n) is 4.21. The van der Waals surface area contributed by atoms with Crippen LogP contribution in [0.2, 0.25) is 0 Å². The van der Waals surface area contributed by atoms with E-state index in [1.54, 1.807) is 12.3 Å². The van der Waals surface area contributed by atoms with Gasteiger partial charge < -0.3 is 15.7 Å². The zero-order valence-electron chi connectivity index (χ0n) is 11.5. The van der Waals surface area contributed by atoms with Crippen LogP contribution in [0.5, 0.6) is 0 Å². The molecule has 3 N–H and O–H groups in total. The number of anilines is 1. The Bertz CT molecular complexity index is 522. The minimum atomic E-state index is -0.716. The summed E-state index contributed by atoms with van der Waals surface area (Å²) in [6.07, 6.45) is 3.40. The molecule has 0 aliphatic carbocycles. The van der Waals surface area contributed by atoms with Crippen LogP contribution in [0.1, 0.15) is 36.7 Å². The lowest BCUT2D eigenvalue weighted by molar-refractivity contribution is -0.150. The van der Waals surface area contributed by atoms with E-state index < -0.39 is 17.3 Å². The molecular formula is C14H19N3O3. The quantitative estimate of drug-likeness (QED) is 0.863. The first kappa shape index (κ1) is 14.3. The van der Waals surface area contributed by atoms with Gasteiger partial charge in [0.25, 0.3) is 5.91 Å². The second-order valence-corrected chi connectivity index (χ2v) is 5.19. The molecule has 0 aromatic carbocycles. The number of primary amides is 1. The minimum Gasteiger partial charge on any atom is -0.481 e. The first-order chi connectivity index (χ1) is 9.48. The molecule has 0 saturated carbocycles. The third-order valence-corrected chi connectivity index (χ3v) is 4.21. The van der Waals surface area contributed by atoms with Gasteiger partial charge in [-0.3, -0.25) is 14.6 Å². The van der Waals surface area contributed by atoms with Crippen molar-refractivity contribution in [2.45, 2.75) is 26.2 Å². The Kier molecular flexibility index (Phi) is 3.92. The van der Waals surface area contributed by atoms with Gasteiger partial charge in [-0.15, -0.1) is 0 Å². The molecule has 0 spiro atoms. The highest BCUT2D eigenvalue weighted by Gasteiger charge is 2.39. The number of aliphatic carboxylic acids is 1. The lowest BCUT2D eigenvalue weighted by atomic mass is 9.76. The lowest BCUT2D eigenvalue weighted by Gasteiger charge is -2.39. The first-order valence-corrected chi connectivity index (χ1v) is 6.73. The van der Waals surface area contributed by atoms with E-state index in [2.05, 4.69) is 9.88 Å². The van der Waals surface area contributed by atoms with Gasteiger partial charge in [-0.1, -0.05) is 6.92 Å². The monoisotopic (exact) mass is 277 g/mol. The molecule has 2 rings (SSSR count). The van der Waals surface area contributed by atoms with Gasteiger partial charge in [-0.05, 0) is 31.4 Å². The Labute approximate surface area is 117 Å². The van der Waals surface area contributed by atoms with Gasteiger partial charge >= 0.3 is 5.97 Å². The topological polar surface area (TPSA) is 96.5 Å². The average molecular weight is 277 g/mol. The highest BCUT2D eigenvalue weighted by Crippen LogP contribution is 2.36. The van der Waals surface area contributed by atoms with Gasteiger partial charge in [-0.2, -0.15) is 0 Å². The Morgan fingerprint density at radius 3 is 2.60 bits per heavy atom. The largest absolute Gasteiger partial charge is 0.481 e. The second kappa shape index (κ2) is 5.48. The molecule has 0 radical (unpaired) electrons. The Morgan fingerprint density at radius 2 is 2.10 bits per heavy atom. The van der Waals surface area contributed by atoms with Crippen molar-refractivity contribution in [2.75, 3.05) is 18.0 Å². The van der Waals surface area contributed by atoms with Gasteiger partial charge in [0.15, 0.2) is 0 Å². The smallest absolute Gasteiger partial charge is 0.309 e. The van der Waals surface area contributed by atoms with E-state index in [-0.39, 0.29) is 5.69 Å². The van der Waals surface area contributed by atoms with Crippen LogP contribution in [0.15, 0.2) is 18.3 Å². The fourth-order valence-electron chi connectivity index (χ4n) is 2.66. The van der Waals surface area contributed by atoms with Crippen molar-refractivity contribution >= 4 is 17.6 Å². The van der Waals surface area contributed by atoms with Crippen molar-refractivity contribution in [2.24, 2.45) is 11.1 Å². The van der Waals surface area contributed by atoms with Crippen LogP contribution < -0.4 is 10.6 Å². The number of carbonyl (C=O) groups is 2. The average Bonchev–Trinajstić information content (AvgIpc) is 2.47. The number of carboxylic acids is 1. The van der Waals surface area contributed by atoms with Crippen molar-refractivity contribution in [3.63, 3.8) is 0 Å². The maximum atomic E-state index is 11.4. The molecule has 6 heteroatoms. The van der Waals surface area contributed by atoms with Crippen LogP contribution in [0, 0.1) is 5.41 Å². The summed E-state index contributed by atoms with van der Waals surface area (Å²) in [4.78, 5) is 28.5. The number of amides is 1. The predicted molar refractivity (Wildman–Crippen MR) is 74.6 cm³/mol. The van der Waals surface area contributed by atoms with Crippen LogP contribution in [0.25, 0.3) is 0 Å². The zero-order valence-corrected chi connectivity index (χ0v) is 11.5. The maximum Gasteiger partial charge on any atom is 0.309 e. The molecule has 0 bridgehead atoms. The number of rotatable bonds is 4. The van der Waals surface area contributed by atoms with E-state index in [0.29, 0.717) is 32.4 Å². The van der Waals surface area contributed by atoms with Gasteiger partial charge in [-0.25, -0.2) is 0 Å². The van der Waals surface area contributed by atoms with Crippen molar-refractivity contribution in [3.05, 3.63) is 24.0 Å². The normalized spacial score (nSPS) is 17.8. The van der Waals surface area contributed by atoms with E-state index in [9.17, 15) is 14.7 Å². The van der Waals surface area contributed by atoms with Crippen molar-refractivity contribution in [1.82, 2.24) is 4.98 Å². The van der Waals surface area contributed by atoms with Gasteiger partial charge in [0.2, 0.25) is 0 Å². The standard InChI is InChI=1S/C14H19N3O3/c1-2-14(13(19)20)4-7-17(8-5-14)10-3-6-16-11(9-10)12(15)18/h3,6,9H,2,4-5,7-8H2,1H3,(H2,15,18)(H,19,20). The molecule has 0 unspecified atom stereocenters. The number of carbonyl (C=O) groups excluding carboxylic acids is 1. The molecule has 0 atom stereocenters. The molecule has 1 fully saturated rings. The van der Waals surface area contributed by atoms with Crippen LogP contribution >= 0.6 is 0 Å². The molecule has 6 nitrogen and oxygen atoms in total. The Balaban J connectivity index is 2.13. The summed E-state index contributed by atoms with van der Waals surface area (Å²) >= 11 is 0. The SMILES string of the molecule is CCC1(C(=O)O)CCN(c2ccnc(C(N)=O)c2)CC1. The van der Waals surface area contributed by atoms with Crippen LogP contribution in [0.4, 0.5) is 5.69 Å². The van der Waals surface area contributed by atoms with E-state index in [0.717, 1.165) is 5.69 Å². The Hall–Kier alpha value is -2.11. The van der Waals surface area contributed by atoms with Crippen LogP contribution in [-0.2, 0) is 4.79 Å². The first-order valence-electron chi connectivity index (χ1n) is 6.73. The Morgan fingerprint density at radius 1 is 1.45 bits per heavy atom. The van der Waals surface area contributed by atoms with Gasteiger partial charge in [0.05, 0.1) is 5.41 Å². The van der Waals surface area contributed by atoms with Crippen LogP contribution in [0.3, 0.4) is 0 Å². The number of pyridine rings is 1. The number of nitrogens with zero attached hydrogens (tertiary/aromatic N) is 2. The highest BCUT2D eigenvalue weighted by molar-refractivity contribution is 5.91. The van der Waals surface area contributed by atoms with E-state index in [4.69, 9.17) is 5.73 Å². The van der Waals surface area contributed by atoms with E-state index in [1.807, 2.05) is 13.0 Å². The van der Waals surface area contributed by atoms with Crippen molar-refractivity contribution < 1.29 is 14.7 Å². The molecule has 1 amide bonds. The molecule has 108 valence electrons. The molecule has 2 heterocycles. The fraction of sp³-hybridized carbons (Fsp3) is 0.500. The molecule has 1 saturated heterocycles. The molecule has 1 aliphatic heterocycles. The molecular weight excluding hydrogens is 258 g/mol. The van der Waals surface area contributed by atoms with Gasteiger partial charge in [0, 0.05) is 25.0 Å². The summed E-state index contributed by atoms with van der Waals surface area (Å²) in [5.41, 5.74) is 5.70. The van der Waals surface area contributed by atoms with Crippen molar-refractivity contribution in [3.8, 4) is 0 Å². The summed E-state index contributed by atoms with van der Waals surface area (Å²) in [6.45, 7) is 3.23. The number of piperidine rings is 1. The van der Waals surface area contributed by atoms with Gasteiger partial charge in [0.1, 0.15) is 5.69 Å². The molecule has 1 aliphatic rings. The minimum absolute atomic E-state index is 0.230.